The maximum atomic E-state index is 12.7. The molecule has 4 rings (SSSR count). The fraction of sp³-hybridized carbons (Fsp3) is 0.292. The number of amides is 1. The molecule has 3 aromatic carbocycles. The van der Waals surface area contributed by atoms with Crippen molar-refractivity contribution in [3.8, 4) is 5.75 Å². The van der Waals surface area contributed by atoms with E-state index in [1.165, 1.54) is 4.31 Å². The van der Waals surface area contributed by atoms with Gasteiger partial charge < -0.3 is 10.1 Å². The fourth-order valence-electron chi connectivity index (χ4n) is 3.75. The highest BCUT2D eigenvalue weighted by Gasteiger charge is 2.28. The normalized spacial score (nSPS) is 15.5. The van der Waals surface area contributed by atoms with Crippen molar-refractivity contribution < 1.29 is 17.9 Å². The summed E-state index contributed by atoms with van der Waals surface area (Å²) in [5, 5.41) is 5.06. The molecule has 0 unspecified atom stereocenters. The van der Waals surface area contributed by atoms with Crippen LogP contribution in [0.5, 0.6) is 5.75 Å². The summed E-state index contributed by atoms with van der Waals surface area (Å²) in [7, 11) is -3.45. The van der Waals surface area contributed by atoms with Gasteiger partial charge >= 0.3 is 0 Å². The van der Waals surface area contributed by atoms with E-state index in [4.69, 9.17) is 4.74 Å². The van der Waals surface area contributed by atoms with Gasteiger partial charge in [-0.1, -0.05) is 48.5 Å². The number of carbonyl (C=O) groups excluding carboxylic acids is 1. The standard InChI is InChI=1S/C24H27N3O4S/c28-24(19-31-22-11-10-20-6-4-5-7-21(20)18-22)25-12-13-26-14-16-27(17-15-26)32(29,30)23-8-2-1-3-9-23/h1-11,18H,12-17,19H2,(H,25,28). The topological polar surface area (TPSA) is 79.0 Å². The van der Waals surface area contributed by atoms with Crippen LogP contribution in [-0.4, -0.2) is 69.4 Å². The molecule has 7 nitrogen and oxygen atoms in total. The van der Waals surface area contributed by atoms with Crippen molar-refractivity contribution in [2.45, 2.75) is 4.90 Å². The average molecular weight is 454 g/mol. The van der Waals surface area contributed by atoms with Gasteiger partial charge in [0.1, 0.15) is 5.75 Å². The molecule has 0 radical (unpaired) electrons. The number of nitrogens with one attached hydrogen (secondary N) is 1. The van der Waals surface area contributed by atoms with Crippen LogP contribution in [0, 0.1) is 0 Å². The lowest BCUT2D eigenvalue weighted by Crippen LogP contribution is -2.50. The molecule has 1 fully saturated rings. The van der Waals surface area contributed by atoms with Gasteiger partial charge in [0.05, 0.1) is 4.90 Å². The minimum atomic E-state index is -3.45. The molecule has 0 spiro atoms. The van der Waals surface area contributed by atoms with Gasteiger partial charge in [-0.15, -0.1) is 0 Å². The Morgan fingerprint density at radius 1 is 0.875 bits per heavy atom. The Hall–Kier alpha value is -2.94. The number of fused-ring (bicyclic) bond motifs is 1. The number of piperazine rings is 1. The molecule has 1 amide bonds. The smallest absolute Gasteiger partial charge is 0.257 e. The molecule has 1 N–H and O–H groups in total. The Bertz CT molecular complexity index is 1160. The maximum Gasteiger partial charge on any atom is 0.257 e. The molecule has 32 heavy (non-hydrogen) atoms. The number of hydrogen-bond acceptors (Lipinski definition) is 5. The predicted octanol–water partition coefficient (Wildman–Crippen LogP) is 2.34. The monoisotopic (exact) mass is 453 g/mol. The minimum absolute atomic E-state index is 0.0402. The largest absolute Gasteiger partial charge is 0.484 e. The first-order valence-corrected chi connectivity index (χ1v) is 12.1. The van der Waals surface area contributed by atoms with E-state index < -0.39 is 10.0 Å². The van der Waals surface area contributed by atoms with Gasteiger partial charge in [-0.05, 0) is 35.0 Å². The van der Waals surface area contributed by atoms with Crippen LogP contribution in [0.25, 0.3) is 10.8 Å². The first-order valence-electron chi connectivity index (χ1n) is 10.7. The Kier molecular flexibility index (Phi) is 7.04. The summed E-state index contributed by atoms with van der Waals surface area (Å²) >= 11 is 0. The molecule has 0 saturated carbocycles. The Balaban J connectivity index is 1.17. The van der Waals surface area contributed by atoms with Gasteiger partial charge in [0.25, 0.3) is 5.91 Å². The van der Waals surface area contributed by atoms with Gasteiger partial charge in [-0.25, -0.2) is 8.42 Å². The van der Waals surface area contributed by atoms with Crippen LogP contribution in [0.3, 0.4) is 0 Å². The number of carbonyl (C=O) groups is 1. The molecule has 8 heteroatoms. The van der Waals surface area contributed by atoms with Crippen LogP contribution >= 0.6 is 0 Å². The molecule has 1 heterocycles. The summed E-state index contributed by atoms with van der Waals surface area (Å²) in [5.41, 5.74) is 0. The second-order valence-electron chi connectivity index (χ2n) is 7.71. The predicted molar refractivity (Wildman–Crippen MR) is 124 cm³/mol. The van der Waals surface area contributed by atoms with Gasteiger partial charge in [-0.3, -0.25) is 9.69 Å². The zero-order valence-corrected chi connectivity index (χ0v) is 18.6. The third kappa shape index (κ3) is 5.45. The summed E-state index contributed by atoms with van der Waals surface area (Å²) in [6.07, 6.45) is 0. The molecule has 1 saturated heterocycles. The molecule has 0 aliphatic carbocycles. The molecule has 0 atom stereocenters. The van der Waals surface area contributed by atoms with E-state index >= 15 is 0 Å². The average Bonchev–Trinajstić information content (AvgIpc) is 2.83. The van der Waals surface area contributed by atoms with E-state index in [2.05, 4.69) is 10.2 Å². The third-order valence-electron chi connectivity index (χ3n) is 5.55. The summed E-state index contributed by atoms with van der Waals surface area (Å²) in [6, 6.07) is 22.3. The number of ether oxygens (including phenoxy) is 1. The van der Waals surface area contributed by atoms with E-state index in [9.17, 15) is 13.2 Å². The molecule has 1 aliphatic heterocycles. The summed E-state index contributed by atoms with van der Waals surface area (Å²) in [4.78, 5) is 14.6. The van der Waals surface area contributed by atoms with E-state index in [0.717, 1.165) is 10.8 Å². The number of benzene rings is 3. The highest BCUT2D eigenvalue weighted by Crippen LogP contribution is 2.20. The van der Waals surface area contributed by atoms with E-state index in [1.54, 1.807) is 30.3 Å². The fourth-order valence-corrected chi connectivity index (χ4v) is 5.19. The molecule has 0 bridgehead atoms. The summed E-state index contributed by atoms with van der Waals surface area (Å²) < 4.78 is 32.5. The van der Waals surface area contributed by atoms with E-state index in [-0.39, 0.29) is 12.5 Å². The second-order valence-corrected chi connectivity index (χ2v) is 9.64. The second kappa shape index (κ2) is 10.1. The number of sulfonamides is 1. The van der Waals surface area contributed by atoms with Crippen LogP contribution in [0.4, 0.5) is 0 Å². The van der Waals surface area contributed by atoms with Crippen LogP contribution in [0.15, 0.2) is 77.7 Å². The quantitative estimate of drug-likeness (QED) is 0.567. The zero-order valence-electron chi connectivity index (χ0n) is 17.8. The third-order valence-corrected chi connectivity index (χ3v) is 7.47. The summed E-state index contributed by atoms with van der Waals surface area (Å²) in [6.45, 7) is 3.27. The van der Waals surface area contributed by atoms with Crippen molar-refractivity contribution >= 4 is 26.7 Å². The Labute approximate surface area is 188 Å². The van der Waals surface area contributed by atoms with E-state index in [1.807, 2.05) is 42.5 Å². The minimum Gasteiger partial charge on any atom is -0.484 e. The molecule has 168 valence electrons. The van der Waals surface area contributed by atoms with E-state index in [0.29, 0.717) is 49.9 Å². The summed E-state index contributed by atoms with van der Waals surface area (Å²) in [5.74, 6) is 0.484. The molecular weight excluding hydrogens is 426 g/mol. The van der Waals surface area contributed by atoms with Crippen molar-refractivity contribution in [3.63, 3.8) is 0 Å². The Morgan fingerprint density at radius 2 is 1.56 bits per heavy atom. The number of rotatable bonds is 8. The van der Waals surface area contributed by atoms with Gasteiger partial charge in [0.15, 0.2) is 6.61 Å². The molecule has 0 aromatic heterocycles. The first kappa shape index (κ1) is 22.3. The lowest BCUT2D eigenvalue weighted by Gasteiger charge is -2.33. The lowest BCUT2D eigenvalue weighted by molar-refractivity contribution is -0.123. The molecule has 3 aromatic rings. The highest BCUT2D eigenvalue weighted by molar-refractivity contribution is 7.89. The SMILES string of the molecule is O=C(COc1ccc2ccccc2c1)NCCN1CCN(S(=O)(=O)c2ccccc2)CC1. The van der Waals surface area contributed by atoms with Gasteiger partial charge in [0, 0.05) is 39.3 Å². The van der Waals surface area contributed by atoms with Crippen LogP contribution in [-0.2, 0) is 14.8 Å². The number of nitrogens with zero attached hydrogens (tertiary/aromatic N) is 2. The highest BCUT2D eigenvalue weighted by atomic mass is 32.2. The molecule has 1 aliphatic rings. The van der Waals surface area contributed by atoms with Crippen LogP contribution in [0.2, 0.25) is 0 Å². The van der Waals surface area contributed by atoms with Crippen LogP contribution in [0.1, 0.15) is 0 Å². The van der Waals surface area contributed by atoms with Crippen molar-refractivity contribution in [2.24, 2.45) is 0 Å². The first-order chi connectivity index (χ1) is 15.5. The molecular formula is C24H27N3O4S. The van der Waals surface area contributed by atoms with Crippen molar-refractivity contribution in [2.75, 3.05) is 45.9 Å². The van der Waals surface area contributed by atoms with Gasteiger partial charge in [-0.2, -0.15) is 4.31 Å². The Morgan fingerprint density at radius 3 is 2.31 bits per heavy atom. The van der Waals surface area contributed by atoms with Crippen molar-refractivity contribution in [3.05, 3.63) is 72.8 Å². The maximum absolute atomic E-state index is 12.7. The van der Waals surface area contributed by atoms with Crippen molar-refractivity contribution in [1.29, 1.82) is 0 Å². The van der Waals surface area contributed by atoms with Gasteiger partial charge in [0.2, 0.25) is 10.0 Å². The van der Waals surface area contributed by atoms with Crippen LogP contribution < -0.4 is 10.1 Å². The number of hydrogen-bond donors (Lipinski definition) is 1. The zero-order chi connectivity index (χ0) is 22.4. The lowest BCUT2D eigenvalue weighted by atomic mass is 10.1. The van der Waals surface area contributed by atoms with Crippen molar-refractivity contribution in [1.82, 2.24) is 14.5 Å².